The highest BCUT2D eigenvalue weighted by Crippen LogP contribution is 2.26. The molecule has 1 N–H and O–H groups in total. The number of benzene rings is 2. The summed E-state index contributed by atoms with van der Waals surface area (Å²) in [6.45, 7) is 0.552. The Labute approximate surface area is 170 Å². The molecule has 2 heterocycles. The monoisotopic (exact) mass is 399 g/mol. The SMILES string of the molecule is N#CCCn1cc(C=C(C#N)c2nc3cc(Cl)ccc3c(=O)[nH]2)c2ccccc21. The van der Waals surface area contributed by atoms with Crippen LogP contribution in [0.3, 0.4) is 0 Å². The fourth-order valence-electron chi connectivity index (χ4n) is 3.29. The quantitative estimate of drug-likeness (QED) is 0.510. The Bertz CT molecular complexity index is 1420. The molecule has 0 radical (unpaired) electrons. The predicted octanol–water partition coefficient (Wildman–Crippen LogP) is 4.51. The largest absolute Gasteiger partial charge is 0.346 e. The number of rotatable bonds is 4. The third-order valence-electron chi connectivity index (χ3n) is 4.63. The summed E-state index contributed by atoms with van der Waals surface area (Å²) in [4.78, 5) is 19.5. The number of aryl methyl sites for hydroxylation is 1. The van der Waals surface area contributed by atoms with E-state index in [1.807, 2.05) is 35.0 Å². The minimum absolute atomic E-state index is 0.182. The molecule has 0 aliphatic heterocycles. The van der Waals surface area contributed by atoms with Crippen LogP contribution in [0.25, 0.3) is 33.5 Å². The van der Waals surface area contributed by atoms with Gasteiger partial charge in [0, 0.05) is 34.2 Å². The smallest absolute Gasteiger partial charge is 0.259 e. The van der Waals surface area contributed by atoms with Gasteiger partial charge in [-0.1, -0.05) is 29.8 Å². The van der Waals surface area contributed by atoms with E-state index in [0.717, 1.165) is 16.5 Å². The van der Waals surface area contributed by atoms with Crippen LogP contribution in [0, 0.1) is 22.7 Å². The minimum atomic E-state index is -0.334. The molecule has 0 atom stereocenters. The Morgan fingerprint density at radius 3 is 2.83 bits per heavy atom. The number of nitriles is 2. The molecule has 2 aromatic heterocycles. The molecule has 7 heteroatoms. The average molecular weight is 400 g/mol. The molecule has 0 bridgehead atoms. The predicted molar refractivity (Wildman–Crippen MR) is 113 cm³/mol. The van der Waals surface area contributed by atoms with Gasteiger partial charge >= 0.3 is 0 Å². The number of aromatic nitrogens is 3. The van der Waals surface area contributed by atoms with E-state index in [0.29, 0.717) is 28.9 Å². The lowest BCUT2D eigenvalue weighted by Crippen LogP contribution is -2.11. The Morgan fingerprint density at radius 2 is 2.03 bits per heavy atom. The molecule has 0 fully saturated rings. The lowest BCUT2D eigenvalue weighted by molar-refractivity contribution is 0.744. The van der Waals surface area contributed by atoms with Crippen LogP contribution in [0.4, 0.5) is 0 Å². The van der Waals surface area contributed by atoms with E-state index in [4.69, 9.17) is 16.9 Å². The maximum atomic E-state index is 12.4. The fraction of sp³-hybridized carbons (Fsp3) is 0.0909. The summed E-state index contributed by atoms with van der Waals surface area (Å²) in [5.74, 6) is 0.182. The number of fused-ring (bicyclic) bond motifs is 2. The van der Waals surface area contributed by atoms with Crippen molar-refractivity contribution in [3.8, 4) is 12.1 Å². The van der Waals surface area contributed by atoms with Gasteiger partial charge in [0.25, 0.3) is 5.56 Å². The zero-order chi connectivity index (χ0) is 20.4. The molecule has 0 aliphatic carbocycles. The fourth-order valence-corrected chi connectivity index (χ4v) is 3.46. The highest BCUT2D eigenvalue weighted by Gasteiger charge is 2.12. The van der Waals surface area contributed by atoms with Gasteiger partial charge < -0.3 is 9.55 Å². The van der Waals surface area contributed by atoms with E-state index in [2.05, 4.69) is 22.1 Å². The molecular weight excluding hydrogens is 386 g/mol. The first kappa shape index (κ1) is 18.5. The number of halogens is 1. The van der Waals surface area contributed by atoms with Crippen LogP contribution in [-0.2, 0) is 6.54 Å². The van der Waals surface area contributed by atoms with Crippen molar-refractivity contribution in [2.24, 2.45) is 0 Å². The number of para-hydroxylation sites is 1. The molecule has 4 rings (SSSR count). The number of allylic oxidation sites excluding steroid dienone is 1. The van der Waals surface area contributed by atoms with Crippen molar-refractivity contribution < 1.29 is 0 Å². The molecule has 0 amide bonds. The van der Waals surface area contributed by atoms with Crippen LogP contribution in [0.5, 0.6) is 0 Å². The number of hydrogen-bond acceptors (Lipinski definition) is 4. The summed E-state index contributed by atoms with van der Waals surface area (Å²) in [5, 5.41) is 20.4. The molecule has 4 aromatic rings. The van der Waals surface area contributed by atoms with Gasteiger partial charge in [0.15, 0.2) is 5.82 Å². The van der Waals surface area contributed by atoms with Crippen LogP contribution in [0.1, 0.15) is 17.8 Å². The Morgan fingerprint density at radius 1 is 1.21 bits per heavy atom. The van der Waals surface area contributed by atoms with Gasteiger partial charge in [-0.3, -0.25) is 4.79 Å². The second-order valence-electron chi connectivity index (χ2n) is 6.45. The Balaban J connectivity index is 1.87. The van der Waals surface area contributed by atoms with Crippen molar-refractivity contribution in [3.05, 3.63) is 75.4 Å². The number of nitrogens with one attached hydrogen (secondary N) is 1. The van der Waals surface area contributed by atoms with Gasteiger partial charge in [-0.2, -0.15) is 10.5 Å². The first-order valence-corrected chi connectivity index (χ1v) is 9.25. The first-order chi connectivity index (χ1) is 14.1. The minimum Gasteiger partial charge on any atom is -0.346 e. The molecular formula is C22H14ClN5O. The molecule has 0 aliphatic rings. The maximum absolute atomic E-state index is 12.4. The average Bonchev–Trinajstić information content (AvgIpc) is 3.07. The Hall–Kier alpha value is -3.87. The molecule has 0 saturated heterocycles. The number of H-pyrrole nitrogens is 1. The standard InChI is InChI=1S/C22H14ClN5O/c23-16-6-7-18-19(11-16)26-21(27-22(18)29)14(12-25)10-15-13-28(9-3-8-24)20-5-2-1-4-17(15)20/h1-2,4-7,10-11,13H,3,9H2,(H,26,27,29). The third-order valence-corrected chi connectivity index (χ3v) is 4.86. The van der Waals surface area contributed by atoms with Crippen LogP contribution < -0.4 is 5.56 Å². The van der Waals surface area contributed by atoms with Crippen molar-refractivity contribution in [1.29, 1.82) is 10.5 Å². The van der Waals surface area contributed by atoms with E-state index in [1.54, 1.807) is 24.3 Å². The molecule has 0 saturated carbocycles. The summed E-state index contributed by atoms with van der Waals surface area (Å²) in [6, 6.07) is 16.9. The molecule has 2 aromatic carbocycles. The van der Waals surface area contributed by atoms with Gasteiger partial charge in [0.2, 0.25) is 0 Å². The van der Waals surface area contributed by atoms with E-state index in [9.17, 15) is 10.1 Å². The Kier molecular flexibility index (Phi) is 4.87. The normalized spacial score (nSPS) is 11.5. The zero-order valence-electron chi connectivity index (χ0n) is 15.2. The van der Waals surface area contributed by atoms with Gasteiger partial charge in [-0.05, 0) is 30.3 Å². The summed E-state index contributed by atoms with van der Waals surface area (Å²) in [7, 11) is 0. The van der Waals surface area contributed by atoms with E-state index >= 15 is 0 Å². The summed E-state index contributed by atoms with van der Waals surface area (Å²) in [5.41, 5.74) is 2.10. The number of nitrogens with zero attached hydrogens (tertiary/aromatic N) is 4. The van der Waals surface area contributed by atoms with E-state index in [-0.39, 0.29) is 17.0 Å². The molecule has 0 unspecified atom stereocenters. The zero-order valence-corrected chi connectivity index (χ0v) is 15.9. The van der Waals surface area contributed by atoms with Crippen LogP contribution >= 0.6 is 11.6 Å². The van der Waals surface area contributed by atoms with Crippen molar-refractivity contribution in [2.75, 3.05) is 0 Å². The second-order valence-corrected chi connectivity index (χ2v) is 6.89. The third kappa shape index (κ3) is 3.50. The highest BCUT2D eigenvalue weighted by atomic mass is 35.5. The van der Waals surface area contributed by atoms with E-state index in [1.165, 1.54) is 0 Å². The first-order valence-electron chi connectivity index (χ1n) is 8.87. The van der Waals surface area contributed by atoms with Crippen LogP contribution in [0.2, 0.25) is 5.02 Å². The lowest BCUT2D eigenvalue weighted by Gasteiger charge is -2.02. The van der Waals surface area contributed by atoms with Gasteiger partial charge in [0.1, 0.15) is 6.07 Å². The summed E-state index contributed by atoms with van der Waals surface area (Å²) < 4.78 is 1.98. The van der Waals surface area contributed by atoms with Crippen LogP contribution in [0.15, 0.2) is 53.5 Å². The van der Waals surface area contributed by atoms with Gasteiger partial charge in [-0.25, -0.2) is 4.98 Å². The van der Waals surface area contributed by atoms with Crippen molar-refractivity contribution in [2.45, 2.75) is 13.0 Å². The topological polar surface area (TPSA) is 98.3 Å². The molecule has 6 nitrogen and oxygen atoms in total. The van der Waals surface area contributed by atoms with Crippen molar-refractivity contribution in [3.63, 3.8) is 0 Å². The van der Waals surface area contributed by atoms with Crippen molar-refractivity contribution in [1.82, 2.24) is 14.5 Å². The van der Waals surface area contributed by atoms with Crippen molar-refractivity contribution >= 4 is 45.1 Å². The van der Waals surface area contributed by atoms with Gasteiger partial charge in [-0.15, -0.1) is 0 Å². The van der Waals surface area contributed by atoms with Gasteiger partial charge in [0.05, 0.1) is 29.0 Å². The summed E-state index contributed by atoms with van der Waals surface area (Å²) >= 11 is 6.02. The molecule has 0 spiro atoms. The second kappa shape index (κ2) is 7.63. The summed E-state index contributed by atoms with van der Waals surface area (Å²) in [6.07, 6.45) is 3.97. The maximum Gasteiger partial charge on any atom is 0.259 e. The number of hydrogen-bond donors (Lipinski definition) is 1. The molecule has 140 valence electrons. The number of aromatic amines is 1. The van der Waals surface area contributed by atoms with Crippen LogP contribution in [-0.4, -0.2) is 14.5 Å². The van der Waals surface area contributed by atoms with E-state index < -0.39 is 0 Å². The lowest BCUT2D eigenvalue weighted by atomic mass is 10.1. The molecule has 29 heavy (non-hydrogen) atoms. The highest BCUT2D eigenvalue weighted by molar-refractivity contribution is 6.31.